The molecule has 6 heterocycles. The first-order valence-electron chi connectivity index (χ1n) is 21.2. The van der Waals surface area contributed by atoms with E-state index in [9.17, 15) is 19.8 Å². The van der Waals surface area contributed by atoms with Crippen molar-refractivity contribution in [3.05, 3.63) is 96.7 Å². The molecule has 6 aliphatic rings. The van der Waals surface area contributed by atoms with Gasteiger partial charge in [0.15, 0.2) is 6.10 Å². The molecule has 14 atom stereocenters. The molecule has 0 unspecified atom stereocenters. The van der Waals surface area contributed by atoms with E-state index in [1.54, 1.807) is 12.2 Å². The summed E-state index contributed by atoms with van der Waals surface area (Å²) in [4.78, 5) is 23.9. The number of aliphatic carboxylic acids is 1. The number of carbonyl (C=O) groups is 2. The molecule has 314 valence electrons. The molecule has 10 heteroatoms. The van der Waals surface area contributed by atoms with Crippen molar-refractivity contribution in [1.82, 2.24) is 0 Å². The molecular formula is C47H66O10. The molecule has 6 rings (SSSR count). The van der Waals surface area contributed by atoms with Gasteiger partial charge in [-0.15, -0.1) is 0 Å². The minimum atomic E-state index is -0.777. The standard InChI is InChI=1S/C47H66O10/c1-31(17-14-15-23-45(50)51)27-32(2)47-42-26-25-36(54-47)19-11-7-5-6-10-18-35(48)28-37-29-38(49)33(3)39(53-37)21-16-22-40-34(4)43-30-44(55-40)41(56-43)20-12-8-9-13-24-46(52)57-42/h7-13,16,18,20,22,24-27,31,33-44,47-49H,5-6,14-15,17,19,21,23,28-30H2,1-4H3,(H,50,51)/b9-8?,11-7?,18-10-,20-12?,22-16?,24-13+,32-27?/t31-,33-,34+,35-,36+,37-,38+,39-,40-,41+,42+,43+,44+,47-/m0/s1. The van der Waals surface area contributed by atoms with Crippen molar-refractivity contribution in [3.8, 4) is 0 Å². The number of carboxylic acid groups (broad SMARTS) is 1. The predicted octanol–water partition coefficient (Wildman–Crippen LogP) is 7.83. The van der Waals surface area contributed by atoms with E-state index in [0.29, 0.717) is 32.1 Å². The highest BCUT2D eigenvalue weighted by molar-refractivity contribution is 5.82. The summed E-state index contributed by atoms with van der Waals surface area (Å²) in [6.45, 7) is 8.29. The van der Waals surface area contributed by atoms with E-state index in [-0.39, 0.29) is 66.9 Å². The highest BCUT2D eigenvalue weighted by atomic mass is 16.6. The van der Waals surface area contributed by atoms with Gasteiger partial charge in [-0.1, -0.05) is 106 Å². The fourth-order valence-electron chi connectivity index (χ4n) is 8.40. The molecule has 6 aliphatic heterocycles. The summed E-state index contributed by atoms with van der Waals surface area (Å²) >= 11 is 0. The maximum absolute atomic E-state index is 13.0. The lowest BCUT2D eigenvalue weighted by atomic mass is 9.86. The molecule has 10 nitrogen and oxygen atoms in total. The third-order valence-electron chi connectivity index (χ3n) is 11.8. The quantitative estimate of drug-likeness (QED) is 0.133. The number of ether oxygens (including phenoxy) is 5. The van der Waals surface area contributed by atoms with Crippen LogP contribution in [0.3, 0.4) is 0 Å². The zero-order chi connectivity index (χ0) is 40.7. The van der Waals surface area contributed by atoms with Crippen molar-refractivity contribution in [3.63, 3.8) is 0 Å². The Morgan fingerprint density at radius 2 is 1.56 bits per heavy atom. The van der Waals surface area contributed by atoms with Gasteiger partial charge in [-0.2, -0.15) is 0 Å². The minimum Gasteiger partial charge on any atom is -0.481 e. The van der Waals surface area contributed by atoms with Crippen LogP contribution in [0.15, 0.2) is 96.7 Å². The number of unbranched alkanes of at least 4 members (excludes halogenated alkanes) is 1. The molecule has 3 N–H and O–H groups in total. The van der Waals surface area contributed by atoms with Crippen LogP contribution < -0.4 is 0 Å². The smallest absolute Gasteiger partial charge is 0.331 e. The Bertz CT molecular complexity index is 1540. The van der Waals surface area contributed by atoms with Crippen LogP contribution in [0.25, 0.3) is 0 Å². The van der Waals surface area contributed by atoms with Gasteiger partial charge >= 0.3 is 11.9 Å². The molecule has 3 saturated heterocycles. The summed E-state index contributed by atoms with van der Waals surface area (Å²) in [6.07, 6.45) is 33.0. The maximum atomic E-state index is 13.0. The minimum absolute atomic E-state index is 0.0184. The molecular weight excluding hydrogens is 725 g/mol. The lowest BCUT2D eigenvalue weighted by Crippen LogP contribution is -2.43. The Morgan fingerprint density at radius 1 is 0.772 bits per heavy atom. The molecule has 3 fully saturated rings. The average molecular weight is 791 g/mol. The lowest BCUT2D eigenvalue weighted by Gasteiger charge is -2.38. The SMILES string of the molecule is CC(=C[C@@H](C)CCCCC(=O)O)[C@@H]1O[C@H]2C=C[C@H]1OC(=O)/C=C/C=CC=C[C@H]1O[C@@H]3C[C@H]1O[C@@H](C=CC[C@@H]1O[C@H](C[C@@H](O)[C@@H]1C)C[C@@H](O)/C=C\CCC=CC2)[C@H]3C. The third-order valence-corrected chi connectivity index (χ3v) is 11.8. The summed E-state index contributed by atoms with van der Waals surface area (Å²) in [7, 11) is 0. The molecule has 0 spiro atoms. The fourth-order valence-corrected chi connectivity index (χ4v) is 8.40. The van der Waals surface area contributed by atoms with Crippen LogP contribution in [-0.2, 0) is 33.3 Å². The van der Waals surface area contributed by atoms with Crippen molar-refractivity contribution in [2.75, 3.05) is 0 Å². The Hall–Kier alpha value is -3.38. The first-order valence-corrected chi connectivity index (χ1v) is 21.2. The molecule has 0 saturated carbocycles. The number of allylic oxidation sites excluding steroid dienone is 7. The highest BCUT2D eigenvalue weighted by Gasteiger charge is 2.45. The second-order valence-electron chi connectivity index (χ2n) is 16.5. The molecule has 0 aromatic carbocycles. The number of carbonyl (C=O) groups excluding carboxylic acids is 1. The number of fused-ring (bicyclic) bond motifs is 13. The van der Waals surface area contributed by atoms with Crippen molar-refractivity contribution < 1.29 is 48.6 Å². The van der Waals surface area contributed by atoms with Crippen LogP contribution in [0.5, 0.6) is 0 Å². The van der Waals surface area contributed by atoms with Gasteiger partial charge in [-0.05, 0) is 69.4 Å². The summed E-state index contributed by atoms with van der Waals surface area (Å²) in [6, 6.07) is 0. The Kier molecular flexibility index (Phi) is 17.8. The predicted molar refractivity (Wildman–Crippen MR) is 220 cm³/mol. The summed E-state index contributed by atoms with van der Waals surface area (Å²) in [5.74, 6) is -0.875. The second-order valence-corrected chi connectivity index (χ2v) is 16.5. The van der Waals surface area contributed by atoms with E-state index in [2.05, 4.69) is 44.2 Å². The number of hydrogen-bond donors (Lipinski definition) is 3. The molecule has 0 amide bonds. The van der Waals surface area contributed by atoms with Crippen LogP contribution in [0.1, 0.15) is 98.3 Å². The molecule has 57 heavy (non-hydrogen) atoms. The number of carboxylic acids is 1. The fraction of sp³-hybridized carbons (Fsp3) is 0.617. The summed E-state index contributed by atoms with van der Waals surface area (Å²) < 4.78 is 31.7. The van der Waals surface area contributed by atoms with Gasteiger partial charge in [0.2, 0.25) is 0 Å². The van der Waals surface area contributed by atoms with Gasteiger partial charge in [-0.25, -0.2) is 4.79 Å². The first-order chi connectivity index (χ1) is 27.5. The van der Waals surface area contributed by atoms with Gasteiger partial charge < -0.3 is 39.0 Å². The Labute approximate surface area is 339 Å². The van der Waals surface area contributed by atoms with Crippen molar-refractivity contribution >= 4 is 11.9 Å². The monoisotopic (exact) mass is 790 g/mol. The number of esters is 1. The van der Waals surface area contributed by atoms with Crippen molar-refractivity contribution in [2.24, 2.45) is 17.8 Å². The lowest BCUT2D eigenvalue weighted by molar-refractivity contribution is -0.148. The number of rotatable bonds is 7. The molecule has 0 radical (unpaired) electrons. The van der Waals surface area contributed by atoms with Crippen molar-refractivity contribution in [1.29, 1.82) is 0 Å². The van der Waals surface area contributed by atoms with Crippen LogP contribution in [0.2, 0.25) is 0 Å². The van der Waals surface area contributed by atoms with Crippen LogP contribution in [0.4, 0.5) is 0 Å². The van der Waals surface area contributed by atoms with Gasteiger partial charge in [0.25, 0.3) is 0 Å². The second kappa shape index (κ2) is 22.7. The van der Waals surface area contributed by atoms with E-state index in [1.807, 2.05) is 56.4 Å². The van der Waals surface area contributed by atoms with E-state index < -0.39 is 36.4 Å². The van der Waals surface area contributed by atoms with Gasteiger partial charge in [-0.3, -0.25) is 4.79 Å². The number of aliphatic hydroxyl groups excluding tert-OH is 2. The summed E-state index contributed by atoms with van der Waals surface area (Å²) in [5.41, 5.74) is 0.966. The van der Waals surface area contributed by atoms with E-state index in [0.717, 1.165) is 37.7 Å². The highest BCUT2D eigenvalue weighted by Crippen LogP contribution is 2.38. The number of hydrogen-bond acceptors (Lipinski definition) is 9. The largest absolute Gasteiger partial charge is 0.481 e. The van der Waals surface area contributed by atoms with Crippen LogP contribution >= 0.6 is 0 Å². The van der Waals surface area contributed by atoms with Gasteiger partial charge in [0.1, 0.15) is 12.2 Å². The third kappa shape index (κ3) is 14.1. The van der Waals surface area contributed by atoms with E-state index in [4.69, 9.17) is 28.8 Å². The molecule has 0 aromatic rings. The van der Waals surface area contributed by atoms with Crippen molar-refractivity contribution in [2.45, 2.75) is 165 Å². The number of aliphatic hydroxyl groups is 2. The zero-order valence-electron chi connectivity index (χ0n) is 34.2. The molecule has 0 aliphatic carbocycles. The average Bonchev–Trinajstić information content (AvgIpc) is 3.52. The maximum Gasteiger partial charge on any atom is 0.331 e. The van der Waals surface area contributed by atoms with E-state index in [1.165, 1.54) is 6.08 Å². The van der Waals surface area contributed by atoms with Crippen LogP contribution in [0, 0.1) is 17.8 Å². The Morgan fingerprint density at radius 3 is 2.39 bits per heavy atom. The normalized spacial score (nSPS) is 38.7. The van der Waals surface area contributed by atoms with E-state index >= 15 is 0 Å². The van der Waals surface area contributed by atoms with Gasteiger partial charge in [0, 0.05) is 37.2 Å². The zero-order valence-corrected chi connectivity index (χ0v) is 34.2. The molecule has 7 bridgehead atoms. The molecule has 0 aromatic heterocycles. The topological polar surface area (TPSA) is 141 Å². The first kappa shape index (κ1) is 44.7. The van der Waals surface area contributed by atoms with Gasteiger partial charge in [0.05, 0.1) is 48.8 Å². The summed E-state index contributed by atoms with van der Waals surface area (Å²) in [5, 5.41) is 30.7. The van der Waals surface area contributed by atoms with Crippen LogP contribution in [-0.4, -0.2) is 94.4 Å². The Balaban J connectivity index is 1.27.